The number of benzene rings is 3. The van der Waals surface area contributed by atoms with Gasteiger partial charge in [0.25, 0.3) is 0 Å². The van der Waals surface area contributed by atoms with Crippen LogP contribution >= 0.6 is 11.6 Å². The van der Waals surface area contributed by atoms with E-state index >= 15 is 0 Å². The minimum Gasteiger partial charge on any atom is -0.490 e. The van der Waals surface area contributed by atoms with Crippen molar-refractivity contribution in [2.75, 3.05) is 38.9 Å². The van der Waals surface area contributed by atoms with Crippen molar-refractivity contribution < 1.29 is 43.2 Å². The number of halogens is 2. The van der Waals surface area contributed by atoms with Crippen LogP contribution in [-0.4, -0.2) is 77.7 Å². The van der Waals surface area contributed by atoms with E-state index in [1.165, 1.54) is 12.1 Å². The number of allylic oxidation sites excluding steroid dienone is 1. The van der Waals surface area contributed by atoms with Gasteiger partial charge < -0.3 is 34.0 Å². The Bertz CT molecular complexity index is 1910. The molecule has 12 heteroatoms. The maximum Gasteiger partial charge on any atom is 0.410 e. The molecule has 2 aliphatic carbocycles. The Morgan fingerprint density at radius 2 is 1.71 bits per heavy atom. The molecule has 1 aliphatic heterocycles. The zero-order valence-electron chi connectivity index (χ0n) is 33.6. The highest BCUT2D eigenvalue weighted by Crippen LogP contribution is 2.62. The second kappa shape index (κ2) is 21.5. The van der Waals surface area contributed by atoms with Crippen molar-refractivity contribution in [3.05, 3.63) is 132 Å². The van der Waals surface area contributed by atoms with Gasteiger partial charge in [-0.1, -0.05) is 85.3 Å². The van der Waals surface area contributed by atoms with E-state index in [1.54, 1.807) is 29.2 Å². The molecule has 1 heterocycles. The topological polar surface area (TPSA) is 119 Å². The molecular formula is C47H56ClFN2O8. The van der Waals surface area contributed by atoms with E-state index in [1.807, 2.05) is 48.5 Å². The number of alkyl halides is 1. The molecule has 0 saturated heterocycles. The summed E-state index contributed by atoms with van der Waals surface area (Å²) >= 11 is 6.06. The number of oxime groups is 1. The van der Waals surface area contributed by atoms with Crippen molar-refractivity contribution in [2.24, 2.45) is 22.9 Å². The number of carbonyl (C=O) groups is 1. The van der Waals surface area contributed by atoms with Gasteiger partial charge in [0.1, 0.15) is 43.2 Å². The first kappa shape index (κ1) is 43.9. The van der Waals surface area contributed by atoms with E-state index in [4.69, 9.17) is 40.5 Å². The van der Waals surface area contributed by atoms with Gasteiger partial charge in [0.05, 0.1) is 24.1 Å². The number of rotatable bonds is 22. The number of fused-ring (bicyclic) bond motifs is 2. The zero-order valence-corrected chi connectivity index (χ0v) is 34.3. The highest BCUT2D eigenvalue weighted by atomic mass is 35.5. The maximum absolute atomic E-state index is 14.4. The summed E-state index contributed by atoms with van der Waals surface area (Å²) in [7, 11) is 0. The standard InChI is InChI=1S/C47H56ClFN2O8/c1-3-25-55-37-20-21-42-40(29-37)44-38(15-9-11-24-53)35(14-8-10-23-52)28-39-41(50-58-32-34-12-6-5-7-13-34)30-43(47(59-42,45(39)44)57-26-4-2)51(46(54)56-27-22-48)31-33-16-18-36(49)19-17-33/h3-7,12-13,16-21,28-29,35,38,43-45,52-53H,1-2,8-11,14-15,22-27,30-32H2/t35-,38+,43-,44+,45+,47+/m0/s1. The smallest absolute Gasteiger partial charge is 0.410 e. The molecule has 3 aromatic carbocycles. The van der Waals surface area contributed by atoms with Crippen LogP contribution in [0.4, 0.5) is 9.18 Å². The highest BCUT2D eigenvalue weighted by molar-refractivity contribution is 6.18. The number of carbonyl (C=O) groups excluding carboxylic acids is 1. The molecule has 1 amide bonds. The molecule has 1 fully saturated rings. The van der Waals surface area contributed by atoms with E-state index in [0.717, 1.165) is 42.4 Å². The third kappa shape index (κ3) is 10.4. The van der Waals surface area contributed by atoms with Crippen LogP contribution in [0.1, 0.15) is 67.6 Å². The average Bonchev–Trinajstić information content (AvgIpc) is 3.25. The molecule has 0 unspecified atom stereocenters. The van der Waals surface area contributed by atoms with Gasteiger partial charge in [0, 0.05) is 37.7 Å². The van der Waals surface area contributed by atoms with Crippen LogP contribution in [-0.2, 0) is 27.5 Å². The fraction of sp³-hybridized carbons (Fsp3) is 0.447. The normalized spacial score (nSPS) is 23.6. The lowest BCUT2D eigenvalue weighted by molar-refractivity contribution is -0.256. The maximum atomic E-state index is 14.4. The Morgan fingerprint density at radius 1 is 0.966 bits per heavy atom. The number of aliphatic hydroxyl groups is 2. The first-order valence-corrected chi connectivity index (χ1v) is 21.1. The fourth-order valence-electron chi connectivity index (χ4n) is 8.95. The summed E-state index contributed by atoms with van der Waals surface area (Å²) in [4.78, 5) is 22.2. The largest absolute Gasteiger partial charge is 0.490 e. The van der Waals surface area contributed by atoms with Gasteiger partial charge in [-0.25, -0.2) is 9.18 Å². The third-order valence-electron chi connectivity index (χ3n) is 11.4. The van der Waals surface area contributed by atoms with Gasteiger partial charge >= 0.3 is 6.09 Å². The number of unbranched alkanes of at least 4 members (excludes halogenated alkanes) is 2. The number of aliphatic hydroxyl groups excluding tert-OH is 2. The molecule has 0 aromatic heterocycles. The quantitative estimate of drug-likeness (QED) is 0.0446. The van der Waals surface area contributed by atoms with Gasteiger partial charge in [0.15, 0.2) is 0 Å². The van der Waals surface area contributed by atoms with Crippen LogP contribution in [0.3, 0.4) is 0 Å². The molecule has 316 valence electrons. The molecule has 0 bridgehead atoms. The molecule has 10 nitrogen and oxygen atoms in total. The van der Waals surface area contributed by atoms with E-state index in [0.29, 0.717) is 42.2 Å². The predicted octanol–water partition coefficient (Wildman–Crippen LogP) is 9.10. The number of nitrogens with zero attached hydrogens (tertiary/aromatic N) is 2. The van der Waals surface area contributed by atoms with Gasteiger partial charge in [0.2, 0.25) is 5.79 Å². The minimum atomic E-state index is -1.51. The molecule has 0 radical (unpaired) electrons. The van der Waals surface area contributed by atoms with Gasteiger partial charge in [-0.05, 0) is 84.6 Å². The van der Waals surface area contributed by atoms with Crippen LogP contribution in [0, 0.1) is 23.6 Å². The molecule has 0 spiro atoms. The Labute approximate surface area is 351 Å². The number of hydrogen-bond donors (Lipinski definition) is 2. The van der Waals surface area contributed by atoms with Crippen molar-refractivity contribution in [2.45, 2.75) is 75.8 Å². The lowest BCUT2D eigenvalue weighted by atomic mass is 9.55. The summed E-state index contributed by atoms with van der Waals surface area (Å²) < 4.78 is 40.4. The Balaban J connectivity index is 1.60. The summed E-state index contributed by atoms with van der Waals surface area (Å²) in [6.07, 6.45) is 9.64. The lowest BCUT2D eigenvalue weighted by Crippen LogP contribution is -2.70. The molecule has 3 aliphatic rings. The minimum absolute atomic E-state index is 0.0250. The monoisotopic (exact) mass is 830 g/mol. The summed E-state index contributed by atoms with van der Waals surface area (Å²) in [6.45, 7) is 8.63. The van der Waals surface area contributed by atoms with Gasteiger partial charge in [-0.2, -0.15) is 0 Å². The summed E-state index contributed by atoms with van der Waals surface area (Å²) in [6, 6.07) is 20.7. The zero-order chi connectivity index (χ0) is 41.6. The van der Waals surface area contributed by atoms with Crippen LogP contribution in [0.5, 0.6) is 11.5 Å². The molecule has 2 N–H and O–H groups in total. The first-order chi connectivity index (χ1) is 28.9. The van der Waals surface area contributed by atoms with Crippen LogP contribution in [0.15, 0.2) is 115 Å². The molecule has 59 heavy (non-hydrogen) atoms. The van der Waals surface area contributed by atoms with E-state index in [-0.39, 0.29) is 69.6 Å². The molecular weight excluding hydrogens is 775 g/mol. The second-order valence-electron chi connectivity index (χ2n) is 15.2. The van der Waals surface area contributed by atoms with Crippen molar-refractivity contribution in [1.29, 1.82) is 0 Å². The third-order valence-corrected chi connectivity index (χ3v) is 11.6. The predicted molar refractivity (Wildman–Crippen MR) is 226 cm³/mol. The Hall–Kier alpha value is -4.68. The summed E-state index contributed by atoms with van der Waals surface area (Å²) in [5, 5.41) is 24.7. The molecule has 6 rings (SSSR count). The number of amides is 1. The SMILES string of the molecule is C=CCOc1ccc2c(c1)[C@H]1[C@H](CCCCO)[C@@H](CCCCO)C=C3C(=NOCc4ccccc4)C[C@H](N(Cc4ccc(F)cc4)C(=O)OCCCl)[C@@](OCC=C)(O2)[C@H]31. The van der Waals surface area contributed by atoms with E-state index in [2.05, 4.69) is 19.2 Å². The molecule has 1 saturated carbocycles. The van der Waals surface area contributed by atoms with Crippen molar-refractivity contribution in [3.8, 4) is 11.5 Å². The van der Waals surface area contributed by atoms with Crippen LogP contribution in [0.2, 0.25) is 0 Å². The molecule has 6 atom stereocenters. The first-order valence-electron chi connectivity index (χ1n) is 20.6. The van der Waals surface area contributed by atoms with E-state index < -0.39 is 29.7 Å². The van der Waals surface area contributed by atoms with E-state index in [9.17, 15) is 19.4 Å². The van der Waals surface area contributed by atoms with Gasteiger partial charge in [-0.15, -0.1) is 18.2 Å². The Kier molecular flexibility index (Phi) is 16.0. The van der Waals surface area contributed by atoms with Crippen molar-refractivity contribution >= 4 is 23.4 Å². The highest BCUT2D eigenvalue weighted by Gasteiger charge is 2.65. The van der Waals surface area contributed by atoms with Crippen molar-refractivity contribution in [3.63, 3.8) is 0 Å². The summed E-state index contributed by atoms with van der Waals surface area (Å²) in [5.74, 6) is -1.28. The van der Waals surface area contributed by atoms with Crippen molar-refractivity contribution in [1.82, 2.24) is 4.90 Å². The second-order valence-corrected chi connectivity index (χ2v) is 15.6. The Morgan fingerprint density at radius 3 is 2.42 bits per heavy atom. The molecule has 3 aromatic rings. The number of hydrogen-bond acceptors (Lipinski definition) is 9. The average molecular weight is 831 g/mol. The van der Waals surface area contributed by atoms with Crippen LogP contribution < -0.4 is 9.47 Å². The lowest BCUT2D eigenvalue weighted by Gasteiger charge is -2.59. The fourth-order valence-corrected chi connectivity index (χ4v) is 9.03. The number of ether oxygens (including phenoxy) is 4. The van der Waals surface area contributed by atoms with Crippen LogP contribution in [0.25, 0.3) is 0 Å². The van der Waals surface area contributed by atoms with Gasteiger partial charge in [-0.3, -0.25) is 4.90 Å². The summed E-state index contributed by atoms with van der Waals surface area (Å²) in [5.41, 5.74) is 4.08.